The summed E-state index contributed by atoms with van der Waals surface area (Å²) in [4.78, 5) is 19.4. The molecule has 220 valence electrons. The Morgan fingerprint density at radius 3 is 2.54 bits per heavy atom. The Balaban J connectivity index is 1.75. The predicted molar refractivity (Wildman–Crippen MR) is 161 cm³/mol. The fourth-order valence-corrected chi connectivity index (χ4v) is 4.95. The Kier molecular flexibility index (Phi) is 11.9. The van der Waals surface area contributed by atoms with Gasteiger partial charge < -0.3 is 20.6 Å². The molecule has 1 heterocycles. The van der Waals surface area contributed by atoms with Crippen molar-refractivity contribution in [3.8, 4) is 11.8 Å². The predicted octanol–water partition coefficient (Wildman–Crippen LogP) is 4.23. The molecule has 2 aromatic carbocycles. The van der Waals surface area contributed by atoms with Crippen molar-refractivity contribution in [3.63, 3.8) is 0 Å². The van der Waals surface area contributed by atoms with Crippen molar-refractivity contribution in [2.24, 2.45) is 5.92 Å². The monoisotopic (exact) mass is 560 g/mol. The highest BCUT2D eigenvalue weighted by molar-refractivity contribution is 5.82. The fraction of sp³-hybridized carbons (Fsp3) is 0.441. The van der Waals surface area contributed by atoms with Gasteiger partial charge in [-0.05, 0) is 70.7 Å². The highest BCUT2D eigenvalue weighted by Crippen LogP contribution is 2.32. The van der Waals surface area contributed by atoms with Crippen LogP contribution in [0.5, 0.6) is 0 Å². The number of carbonyl (C=O) groups is 1. The van der Waals surface area contributed by atoms with E-state index in [1.165, 1.54) is 11.1 Å². The van der Waals surface area contributed by atoms with Crippen LogP contribution in [0.2, 0.25) is 0 Å². The second-order valence-corrected chi connectivity index (χ2v) is 11.2. The molecular weight excluding hydrogens is 516 g/mol. The van der Waals surface area contributed by atoms with E-state index >= 15 is 0 Å². The first kappa shape index (κ1) is 32.3. The second-order valence-electron chi connectivity index (χ2n) is 11.2. The van der Waals surface area contributed by atoms with Gasteiger partial charge in [-0.1, -0.05) is 77.6 Å². The minimum Gasteiger partial charge on any atom is -0.394 e. The molecule has 1 amide bonds. The van der Waals surface area contributed by atoms with Crippen molar-refractivity contribution in [1.29, 1.82) is 0 Å². The Hall–Kier alpha value is -3.25. The first-order valence-electron chi connectivity index (χ1n) is 14.2. The summed E-state index contributed by atoms with van der Waals surface area (Å²) in [6.07, 6.45) is 4.49. The largest absolute Gasteiger partial charge is 0.394 e. The van der Waals surface area contributed by atoms with Gasteiger partial charge in [0.2, 0.25) is 5.91 Å². The van der Waals surface area contributed by atoms with Gasteiger partial charge in [-0.3, -0.25) is 9.63 Å². The van der Waals surface area contributed by atoms with Gasteiger partial charge in [0.05, 0.1) is 19.3 Å². The maximum absolute atomic E-state index is 13.4. The summed E-state index contributed by atoms with van der Waals surface area (Å²) < 4.78 is 0. The summed E-state index contributed by atoms with van der Waals surface area (Å²) in [6, 6.07) is 16.0. The molecule has 0 aromatic heterocycles. The zero-order valence-electron chi connectivity index (χ0n) is 24.8. The number of rotatable bonds is 11. The second kappa shape index (κ2) is 15.1. The molecule has 4 N–H and O–H groups in total. The van der Waals surface area contributed by atoms with Gasteiger partial charge in [0.1, 0.15) is 17.7 Å². The molecule has 5 atom stereocenters. The Morgan fingerprint density at radius 2 is 1.88 bits per heavy atom. The highest BCUT2D eigenvalue weighted by atomic mass is 16.7. The SMILES string of the molecule is CC(C)=CCCC(C)=CCNC(=O)[C@H]1[C@@H]([C@@H](C)O)[C@@H](CO)ON1Cc1cccc(C#CC(C)(O)c2ccccc2)c1. The van der Waals surface area contributed by atoms with Crippen LogP contribution in [0.4, 0.5) is 0 Å². The topological polar surface area (TPSA) is 102 Å². The van der Waals surface area contributed by atoms with E-state index in [1.807, 2.05) is 67.6 Å². The lowest BCUT2D eigenvalue weighted by Gasteiger charge is -2.26. The maximum Gasteiger partial charge on any atom is 0.240 e. The van der Waals surface area contributed by atoms with Gasteiger partial charge in [0.15, 0.2) is 0 Å². The molecule has 1 fully saturated rings. The van der Waals surface area contributed by atoms with Crippen molar-refractivity contribution in [2.45, 2.75) is 77.9 Å². The molecule has 1 aliphatic heterocycles. The summed E-state index contributed by atoms with van der Waals surface area (Å²) in [6.45, 7) is 9.77. The lowest BCUT2D eigenvalue weighted by atomic mass is 9.89. The number of benzene rings is 2. The molecule has 0 aliphatic carbocycles. The minimum atomic E-state index is -1.31. The van der Waals surface area contributed by atoms with Crippen LogP contribution in [0.15, 0.2) is 77.9 Å². The van der Waals surface area contributed by atoms with Gasteiger partial charge in [-0.2, -0.15) is 5.06 Å². The molecule has 0 radical (unpaired) electrons. The molecular formula is C34H44N2O5. The summed E-state index contributed by atoms with van der Waals surface area (Å²) >= 11 is 0. The number of hydrogen-bond acceptors (Lipinski definition) is 6. The van der Waals surface area contributed by atoms with Crippen molar-refractivity contribution < 1.29 is 25.0 Å². The molecule has 7 nitrogen and oxygen atoms in total. The number of hydrogen-bond donors (Lipinski definition) is 4. The normalized spacial score (nSPS) is 21.4. The Morgan fingerprint density at radius 1 is 1.15 bits per heavy atom. The van der Waals surface area contributed by atoms with Crippen LogP contribution in [0, 0.1) is 17.8 Å². The van der Waals surface area contributed by atoms with E-state index < -0.39 is 29.8 Å². The lowest BCUT2D eigenvalue weighted by molar-refractivity contribution is -0.181. The van der Waals surface area contributed by atoms with Crippen LogP contribution in [-0.2, 0) is 21.8 Å². The molecule has 3 rings (SSSR count). The molecule has 1 unspecified atom stereocenters. The summed E-state index contributed by atoms with van der Waals surface area (Å²) in [5.41, 5.74) is 3.42. The third kappa shape index (κ3) is 9.39. The van der Waals surface area contributed by atoms with Crippen molar-refractivity contribution in [3.05, 3.63) is 94.6 Å². The first-order chi connectivity index (χ1) is 19.5. The lowest BCUT2D eigenvalue weighted by Crippen LogP contribution is -2.49. The summed E-state index contributed by atoms with van der Waals surface area (Å²) in [5.74, 6) is 5.14. The van der Waals surface area contributed by atoms with Crippen LogP contribution in [0.3, 0.4) is 0 Å². The van der Waals surface area contributed by atoms with Gasteiger partial charge in [0, 0.05) is 18.0 Å². The van der Waals surface area contributed by atoms with E-state index in [1.54, 1.807) is 18.9 Å². The molecule has 2 aromatic rings. The Labute approximate surface area is 244 Å². The number of nitrogens with one attached hydrogen (secondary N) is 1. The molecule has 41 heavy (non-hydrogen) atoms. The van der Waals surface area contributed by atoms with Crippen LogP contribution in [0.25, 0.3) is 0 Å². The third-order valence-electron chi connectivity index (χ3n) is 7.25. The highest BCUT2D eigenvalue weighted by Gasteiger charge is 2.49. The molecule has 7 heteroatoms. The van der Waals surface area contributed by atoms with Gasteiger partial charge >= 0.3 is 0 Å². The van der Waals surface area contributed by atoms with E-state index in [0.717, 1.165) is 18.4 Å². The number of allylic oxidation sites excluding steroid dienone is 3. The van der Waals surface area contributed by atoms with E-state index in [0.29, 0.717) is 17.7 Å². The fourth-order valence-electron chi connectivity index (χ4n) is 4.95. The molecule has 1 saturated heterocycles. The van der Waals surface area contributed by atoms with Gasteiger partial charge in [0.25, 0.3) is 0 Å². The third-order valence-corrected chi connectivity index (χ3v) is 7.25. The molecule has 0 saturated carbocycles. The van der Waals surface area contributed by atoms with Crippen LogP contribution in [0.1, 0.15) is 64.2 Å². The molecule has 0 spiro atoms. The molecule has 1 aliphatic rings. The van der Waals surface area contributed by atoms with E-state index in [4.69, 9.17) is 4.84 Å². The van der Waals surface area contributed by atoms with Crippen molar-refractivity contribution in [1.82, 2.24) is 10.4 Å². The average molecular weight is 561 g/mol. The van der Waals surface area contributed by atoms with Crippen LogP contribution < -0.4 is 5.32 Å². The maximum atomic E-state index is 13.4. The smallest absolute Gasteiger partial charge is 0.240 e. The molecule has 0 bridgehead atoms. The average Bonchev–Trinajstić information content (AvgIpc) is 3.31. The number of nitrogens with zero attached hydrogens (tertiary/aromatic N) is 1. The minimum absolute atomic E-state index is 0.250. The van der Waals surface area contributed by atoms with E-state index in [9.17, 15) is 20.1 Å². The quantitative estimate of drug-likeness (QED) is 0.242. The van der Waals surface area contributed by atoms with Crippen molar-refractivity contribution >= 4 is 5.91 Å². The van der Waals surface area contributed by atoms with Crippen LogP contribution in [-0.4, -0.2) is 57.7 Å². The Bertz CT molecular complexity index is 1270. The zero-order valence-corrected chi connectivity index (χ0v) is 24.8. The number of hydroxylamine groups is 2. The number of carbonyl (C=O) groups excluding carboxylic acids is 1. The first-order valence-corrected chi connectivity index (χ1v) is 14.2. The number of aliphatic hydroxyl groups is 3. The summed E-state index contributed by atoms with van der Waals surface area (Å²) in [5, 5.41) is 35.9. The number of aliphatic hydroxyl groups excluding tert-OH is 2. The van der Waals surface area contributed by atoms with Crippen LogP contribution >= 0.6 is 0 Å². The van der Waals surface area contributed by atoms with E-state index in [2.05, 4.69) is 37.1 Å². The van der Waals surface area contributed by atoms with E-state index in [-0.39, 0.29) is 19.1 Å². The van der Waals surface area contributed by atoms with Gasteiger partial charge in [-0.25, -0.2) is 0 Å². The van der Waals surface area contributed by atoms with Gasteiger partial charge in [-0.15, -0.1) is 0 Å². The number of amides is 1. The zero-order chi connectivity index (χ0) is 30.0. The standard InChI is InChI=1S/C34H44N2O5/c1-24(2)11-9-12-25(3)18-20-35-33(39)32-31(26(4)38)30(23-37)41-36(32)22-28-14-10-13-27(21-28)17-19-34(5,40)29-15-7-6-8-16-29/h6-8,10-11,13-16,18,21,26,30-32,37-38,40H,9,12,20,22-23H2,1-5H3,(H,35,39)/t26-,30-,31+,32-,34?/m1/s1. The van der Waals surface area contributed by atoms with Crippen molar-refractivity contribution in [2.75, 3.05) is 13.2 Å². The summed E-state index contributed by atoms with van der Waals surface area (Å²) in [7, 11) is 0.